The predicted molar refractivity (Wildman–Crippen MR) is 88.8 cm³/mol. The number of hydrogen-bond donors (Lipinski definition) is 0. The van der Waals surface area contributed by atoms with E-state index in [0.717, 1.165) is 22.6 Å². The molecular weight excluding hydrogens is 276 g/mol. The summed E-state index contributed by atoms with van der Waals surface area (Å²) in [5.41, 5.74) is 3.25. The number of fused-ring (bicyclic) bond motifs is 1. The maximum Gasteiger partial charge on any atom is 0.127 e. The van der Waals surface area contributed by atoms with Crippen LogP contribution in [0.15, 0.2) is 59.9 Å². The van der Waals surface area contributed by atoms with Crippen LogP contribution in [0.4, 0.5) is 0 Å². The molecule has 2 heterocycles. The molecule has 4 heteroatoms. The summed E-state index contributed by atoms with van der Waals surface area (Å²) < 4.78 is 5.94. The summed E-state index contributed by atoms with van der Waals surface area (Å²) in [7, 11) is 1.19. The summed E-state index contributed by atoms with van der Waals surface area (Å²) >= 11 is 0. The Bertz CT molecular complexity index is 664. The van der Waals surface area contributed by atoms with Gasteiger partial charge in [-0.1, -0.05) is 49.4 Å². The number of nitrogens with zero attached hydrogens (tertiary/aromatic N) is 2. The van der Waals surface area contributed by atoms with Gasteiger partial charge in [0.1, 0.15) is 5.75 Å². The highest BCUT2D eigenvalue weighted by molar-refractivity contribution is 5.82. The molecular formula is C18H20N2O2. The van der Waals surface area contributed by atoms with E-state index in [0.29, 0.717) is 6.61 Å². The first kappa shape index (κ1) is 15.9. The highest BCUT2D eigenvalue weighted by Gasteiger charge is 2.24. The van der Waals surface area contributed by atoms with E-state index in [9.17, 15) is 0 Å². The van der Waals surface area contributed by atoms with Crippen LogP contribution in [0.25, 0.3) is 5.57 Å². The van der Waals surface area contributed by atoms with E-state index >= 15 is 0 Å². The minimum absolute atomic E-state index is 0.00806. The Morgan fingerprint density at radius 3 is 2.50 bits per heavy atom. The average molecular weight is 296 g/mol. The molecule has 1 aliphatic rings. The number of pyridine rings is 1. The molecule has 0 aliphatic carbocycles. The van der Waals surface area contributed by atoms with Gasteiger partial charge in [0.05, 0.1) is 19.3 Å². The number of para-hydroxylation sites is 1. The Balaban J connectivity index is 0.000000545. The van der Waals surface area contributed by atoms with Crippen molar-refractivity contribution >= 4 is 5.57 Å². The molecule has 0 unspecified atom stereocenters. The summed E-state index contributed by atoms with van der Waals surface area (Å²) in [4.78, 5) is 13.0. The van der Waals surface area contributed by atoms with E-state index in [-0.39, 0.29) is 5.41 Å². The summed E-state index contributed by atoms with van der Waals surface area (Å²) in [5.74, 6) is 0.935. The number of hydrogen-bond acceptors (Lipinski definition) is 4. The second kappa shape index (κ2) is 6.98. The maximum atomic E-state index is 8.56. The first-order chi connectivity index (χ1) is 10.6. The van der Waals surface area contributed by atoms with Gasteiger partial charge in [0.25, 0.3) is 0 Å². The summed E-state index contributed by atoms with van der Waals surface area (Å²) in [5, 5.41) is 2.25. The summed E-state index contributed by atoms with van der Waals surface area (Å²) in [6, 6.07) is 14.2. The van der Waals surface area contributed by atoms with Gasteiger partial charge in [-0.3, -0.25) is 4.98 Å². The lowest BCUT2D eigenvalue weighted by molar-refractivity contribution is 0.225. The van der Waals surface area contributed by atoms with E-state index in [2.05, 4.69) is 36.2 Å². The number of benzene rings is 1. The van der Waals surface area contributed by atoms with Gasteiger partial charge in [-0.05, 0) is 18.2 Å². The number of nitroso groups, excluding NO2 is 1. The zero-order chi connectivity index (χ0) is 16.0. The van der Waals surface area contributed by atoms with Crippen molar-refractivity contribution in [1.82, 2.24) is 4.98 Å². The zero-order valence-electron chi connectivity index (χ0n) is 13.1. The van der Waals surface area contributed by atoms with Gasteiger partial charge in [0.15, 0.2) is 0 Å². The third kappa shape index (κ3) is 3.79. The Labute approximate surface area is 130 Å². The van der Waals surface area contributed by atoms with Crippen molar-refractivity contribution in [3.8, 4) is 5.75 Å². The van der Waals surface area contributed by atoms with Gasteiger partial charge in [-0.25, -0.2) is 0 Å². The van der Waals surface area contributed by atoms with E-state index in [4.69, 9.17) is 9.64 Å². The summed E-state index contributed by atoms with van der Waals surface area (Å²) in [6.45, 7) is 5.05. The van der Waals surface area contributed by atoms with E-state index in [1.807, 2.05) is 42.6 Å². The van der Waals surface area contributed by atoms with Crippen LogP contribution in [-0.4, -0.2) is 18.6 Å². The largest absolute Gasteiger partial charge is 0.492 e. The van der Waals surface area contributed by atoms with Crippen LogP contribution in [0.5, 0.6) is 5.75 Å². The second-order valence-electron chi connectivity index (χ2n) is 5.73. The number of aromatic nitrogens is 1. The van der Waals surface area contributed by atoms with Gasteiger partial charge in [-0.15, -0.1) is 0 Å². The lowest BCUT2D eigenvalue weighted by Gasteiger charge is -2.18. The summed E-state index contributed by atoms with van der Waals surface area (Å²) in [6.07, 6.45) is 4.10. The van der Waals surface area contributed by atoms with Crippen LogP contribution < -0.4 is 4.74 Å². The molecule has 0 spiro atoms. The smallest absolute Gasteiger partial charge is 0.127 e. The Hall–Kier alpha value is -2.49. The lowest BCUT2D eigenvalue weighted by Crippen LogP contribution is -2.17. The van der Waals surface area contributed by atoms with E-state index in [1.54, 1.807) is 0 Å². The molecule has 1 aliphatic heterocycles. The third-order valence-corrected chi connectivity index (χ3v) is 3.25. The van der Waals surface area contributed by atoms with Gasteiger partial charge in [0.2, 0.25) is 0 Å². The van der Waals surface area contributed by atoms with Crippen molar-refractivity contribution in [2.24, 2.45) is 10.6 Å². The molecule has 0 radical (unpaired) electrons. The van der Waals surface area contributed by atoms with Gasteiger partial charge >= 0.3 is 0 Å². The zero-order valence-corrected chi connectivity index (χ0v) is 13.1. The Morgan fingerprint density at radius 2 is 1.82 bits per heavy atom. The molecule has 1 aromatic carbocycles. The number of ether oxygens (including phenoxy) is 1. The van der Waals surface area contributed by atoms with Crippen molar-refractivity contribution in [1.29, 1.82) is 0 Å². The monoisotopic (exact) mass is 296 g/mol. The van der Waals surface area contributed by atoms with E-state index in [1.165, 1.54) is 7.05 Å². The van der Waals surface area contributed by atoms with Crippen LogP contribution in [0, 0.1) is 10.3 Å². The Morgan fingerprint density at radius 1 is 1.14 bits per heavy atom. The molecule has 0 saturated carbocycles. The van der Waals surface area contributed by atoms with Crippen LogP contribution in [0.2, 0.25) is 0 Å². The molecule has 0 N–H and O–H groups in total. The minimum Gasteiger partial charge on any atom is -0.492 e. The van der Waals surface area contributed by atoms with Crippen LogP contribution in [0.3, 0.4) is 0 Å². The standard InChI is InChI=1S/C17H17NO.CH3NO/c1-17(2)11-14(15-8-5-6-10-18-15)13-7-3-4-9-16(13)19-12-17;1-2-3/h3-11H,12H2,1-2H3;1H3. The minimum atomic E-state index is -0.00806. The van der Waals surface area contributed by atoms with Crippen molar-refractivity contribution in [2.45, 2.75) is 13.8 Å². The number of rotatable bonds is 1. The van der Waals surface area contributed by atoms with Crippen LogP contribution in [0.1, 0.15) is 25.1 Å². The van der Waals surface area contributed by atoms with Crippen LogP contribution in [-0.2, 0) is 0 Å². The lowest BCUT2D eigenvalue weighted by atomic mass is 9.89. The van der Waals surface area contributed by atoms with Crippen molar-refractivity contribution < 1.29 is 4.74 Å². The molecule has 22 heavy (non-hydrogen) atoms. The maximum absolute atomic E-state index is 8.56. The van der Waals surface area contributed by atoms with E-state index < -0.39 is 0 Å². The van der Waals surface area contributed by atoms with Crippen LogP contribution >= 0.6 is 0 Å². The molecule has 0 atom stereocenters. The predicted octanol–water partition coefficient (Wildman–Crippen LogP) is 4.31. The fraction of sp³-hybridized carbons (Fsp3) is 0.278. The Kier molecular flexibility index (Phi) is 5.04. The second-order valence-corrected chi connectivity index (χ2v) is 5.73. The molecule has 3 rings (SSSR count). The average Bonchev–Trinajstić information content (AvgIpc) is 2.66. The molecule has 0 amide bonds. The molecule has 114 valence electrons. The highest BCUT2D eigenvalue weighted by atomic mass is 16.5. The van der Waals surface area contributed by atoms with Gasteiger partial charge in [-0.2, -0.15) is 4.91 Å². The molecule has 0 bridgehead atoms. The molecule has 4 nitrogen and oxygen atoms in total. The fourth-order valence-electron chi connectivity index (χ4n) is 2.32. The highest BCUT2D eigenvalue weighted by Crippen LogP contribution is 2.37. The van der Waals surface area contributed by atoms with Crippen molar-refractivity contribution in [3.05, 3.63) is 70.9 Å². The van der Waals surface area contributed by atoms with Crippen molar-refractivity contribution in [2.75, 3.05) is 13.7 Å². The third-order valence-electron chi connectivity index (χ3n) is 3.25. The fourth-order valence-corrected chi connectivity index (χ4v) is 2.32. The topological polar surface area (TPSA) is 51.6 Å². The molecule has 1 aromatic heterocycles. The van der Waals surface area contributed by atoms with Gasteiger partial charge in [0, 0.05) is 22.7 Å². The SMILES string of the molecule is CC1(C)C=C(c2ccccn2)c2ccccc2OC1.CN=O. The van der Waals surface area contributed by atoms with Gasteiger partial charge < -0.3 is 4.74 Å². The molecule has 2 aromatic rings. The first-order valence-electron chi connectivity index (χ1n) is 7.15. The molecule has 0 saturated heterocycles. The first-order valence-corrected chi connectivity index (χ1v) is 7.15. The quantitative estimate of drug-likeness (QED) is 0.737. The molecule has 0 fully saturated rings. The normalized spacial score (nSPS) is 15.1. The van der Waals surface area contributed by atoms with Crippen molar-refractivity contribution in [3.63, 3.8) is 0 Å².